The van der Waals surface area contributed by atoms with Crippen LogP contribution in [0, 0.1) is 0 Å². The molecule has 6 nitrogen and oxygen atoms in total. The first-order valence-electron chi connectivity index (χ1n) is 12.3. The van der Waals surface area contributed by atoms with Gasteiger partial charge >= 0.3 is 6.09 Å². The molecule has 2 aromatic carbocycles. The van der Waals surface area contributed by atoms with Crippen LogP contribution < -0.4 is 5.32 Å². The van der Waals surface area contributed by atoms with E-state index in [-0.39, 0.29) is 12.2 Å². The molecule has 0 fully saturated rings. The molecule has 0 radical (unpaired) electrons. The zero-order chi connectivity index (χ0) is 26.4. The Morgan fingerprint density at radius 2 is 1.86 bits per heavy atom. The summed E-state index contributed by atoms with van der Waals surface area (Å²) in [7, 11) is 1.70. The molecule has 0 saturated carbocycles. The third kappa shape index (κ3) is 7.24. The van der Waals surface area contributed by atoms with Crippen LogP contribution in [0.4, 0.5) is 10.5 Å². The predicted molar refractivity (Wildman–Crippen MR) is 150 cm³/mol. The fourth-order valence-electron chi connectivity index (χ4n) is 4.02. The molecule has 1 amide bonds. The molecular formula is C30H32N2O4S. The van der Waals surface area contributed by atoms with Crippen molar-refractivity contribution >= 4 is 39.8 Å². The number of aryl methyl sites for hydroxylation is 1. The lowest BCUT2D eigenvalue weighted by Gasteiger charge is -2.20. The molecule has 4 aromatic rings. The molecule has 0 saturated heterocycles. The van der Waals surface area contributed by atoms with Crippen LogP contribution >= 0.6 is 11.3 Å². The van der Waals surface area contributed by atoms with Crippen molar-refractivity contribution in [3.05, 3.63) is 82.9 Å². The Balaban J connectivity index is 1.58. The molecule has 37 heavy (non-hydrogen) atoms. The fraction of sp³-hybridized carbons (Fsp3) is 0.300. The number of methoxy groups -OCH3 is 1. The van der Waals surface area contributed by atoms with Gasteiger partial charge in [-0.15, -0.1) is 11.3 Å². The van der Waals surface area contributed by atoms with E-state index in [9.17, 15) is 9.59 Å². The molecule has 0 bridgehead atoms. The second kappa shape index (κ2) is 11.7. The average molecular weight is 517 g/mol. The zero-order valence-electron chi connectivity index (χ0n) is 21.7. The number of hydrogen-bond donors (Lipinski definition) is 1. The van der Waals surface area contributed by atoms with Crippen molar-refractivity contribution < 1.29 is 19.1 Å². The maximum atomic E-state index is 13.4. The Kier molecular flexibility index (Phi) is 8.36. The Bertz CT molecular complexity index is 1390. The van der Waals surface area contributed by atoms with Gasteiger partial charge in [0.1, 0.15) is 5.60 Å². The quantitative estimate of drug-likeness (QED) is 0.186. The van der Waals surface area contributed by atoms with Gasteiger partial charge in [0.05, 0.1) is 5.52 Å². The average Bonchev–Trinajstić information content (AvgIpc) is 3.39. The number of amides is 1. The van der Waals surface area contributed by atoms with Gasteiger partial charge in [0.15, 0.2) is 5.78 Å². The number of anilines is 1. The van der Waals surface area contributed by atoms with Crippen molar-refractivity contribution in [1.82, 2.24) is 4.98 Å². The van der Waals surface area contributed by atoms with E-state index in [1.807, 2.05) is 86.8 Å². The molecule has 2 aromatic heterocycles. The molecule has 0 aliphatic heterocycles. The van der Waals surface area contributed by atoms with Gasteiger partial charge in [0, 0.05) is 47.3 Å². The van der Waals surface area contributed by atoms with E-state index in [1.165, 1.54) is 0 Å². The molecule has 0 aliphatic carbocycles. The van der Waals surface area contributed by atoms with E-state index in [2.05, 4.69) is 5.32 Å². The van der Waals surface area contributed by atoms with E-state index in [1.54, 1.807) is 18.4 Å². The summed E-state index contributed by atoms with van der Waals surface area (Å²) < 4.78 is 10.6. The smallest absolute Gasteiger partial charge is 0.412 e. The number of Topliss-reactive ketones (excluding diaryl/α,β-unsaturated/α-hetero) is 1. The third-order valence-corrected chi connectivity index (χ3v) is 6.67. The fourth-order valence-corrected chi connectivity index (χ4v) is 4.75. The lowest BCUT2D eigenvalue weighted by Crippen LogP contribution is -2.27. The predicted octanol–water partition coefficient (Wildman–Crippen LogP) is 7.31. The monoisotopic (exact) mass is 516 g/mol. The van der Waals surface area contributed by atoms with Crippen LogP contribution in [0.15, 0.2) is 66.0 Å². The first-order valence-corrected chi connectivity index (χ1v) is 13.2. The van der Waals surface area contributed by atoms with Gasteiger partial charge in [-0.3, -0.25) is 15.1 Å². The number of benzene rings is 2. The summed E-state index contributed by atoms with van der Waals surface area (Å²) in [5.41, 5.74) is 4.13. The van der Waals surface area contributed by atoms with Crippen LogP contribution in [0.2, 0.25) is 0 Å². The van der Waals surface area contributed by atoms with Crippen LogP contribution in [0.25, 0.3) is 21.3 Å². The minimum absolute atomic E-state index is 0.0401. The number of ether oxygens (including phenoxy) is 2. The van der Waals surface area contributed by atoms with E-state index in [0.29, 0.717) is 17.9 Å². The Morgan fingerprint density at radius 1 is 1.03 bits per heavy atom. The van der Waals surface area contributed by atoms with Crippen LogP contribution in [0.3, 0.4) is 0 Å². The number of thiophene rings is 1. The zero-order valence-corrected chi connectivity index (χ0v) is 22.5. The summed E-state index contributed by atoms with van der Waals surface area (Å²) in [5.74, 6) is -0.0401. The summed E-state index contributed by atoms with van der Waals surface area (Å²) in [4.78, 5) is 31.7. The molecule has 4 rings (SSSR count). The molecule has 1 N–H and O–H groups in total. The molecule has 192 valence electrons. The summed E-state index contributed by atoms with van der Waals surface area (Å²) in [6, 6.07) is 19.4. The molecule has 7 heteroatoms. The first-order chi connectivity index (χ1) is 17.7. The number of hydrogen-bond acceptors (Lipinski definition) is 6. The number of carbonyl (C=O) groups is 2. The van der Waals surface area contributed by atoms with Crippen LogP contribution in [-0.2, 0) is 22.3 Å². The number of carbonyl (C=O) groups excluding carboxylic acids is 2. The number of nitrogens with one attached hydrogen (secondary N) is 1. The Morgan fingerprint density at radius 3 is 2.59 bits per heavy atom. The minimum Gasteiger partial charge on any atom is -0.444 e. The summed E-state index contributed by atoms with van der Waals surface area (Å²) in [6.07, 6.45) is 1.34. The first kappa shape index (κ1) is 26.5. The topological polar surface area (TPSA) is 77.5 Å². The maximum absolute atomic E-state index is 13.4. The van der Waals surface area contributed by atoms with Crippen molar-refractivity contribution in [1.29, 1.82) is 0 Å². The lowest BCUT2D eigenvalue weighted by molar-refractivity contribution is 0.0635. The molecule has 0 atom stereocenters. The SMILES string of the molecule is COCCCc1ccc2cc(C(=O)Cc3cc(-c4cccs4)ccc3NC(=O)OC(C)(C)C)ccc2n1. The number of aromatic nitrogens is 1. The molecule has 0 unspecified atom stereocenters. The third-order valence-electron chi connectivity index (χ3n) is 5.75. The minimum atomic E-state index is -0.625. The second-order valence-corrected chi connectivity index (χ2v) is 10.8. The molecule has 0 spiro atoms. The highest BCUT2D eigenvalue weighted by molar-refractivity contribution is 7.13. The van der Waals surface area contributed by atoms with Gasteiger partial charge in [-0.05, 0) is 92.6 Å². The molecule has 0 aliphatic rings. The van der Waals surface area contributed by atoms with Gasteiger partial charge < -0.3 is 9.47 Å². The highest BCUT2D eigenvalue weighted by Crippen LogP contribution is 2.30. The highest BCUT2D eigenvalue weighted by Gasteiger charge is 2.19. The number of pyridine rings is 1. The van der Waals surface area contributed by atoms with Gasteiger partial charge in [-0.2, -0.15) is 0 Å². The highest BCUT2D eigenvalue weighted by atomic mass is 32.1. The number of ketones is 1. The Labute approximate surface area is 221 Å². The van der Waals surface area contributed by atoms with Crippen LogP contribution in [-0.4, -0.2) is 36.2 Å². The van der Waals surface area contributed by atoms with Gasteiger partial charge in [-0.1, -0.05) is 18.2 Å². The van der Waals surface area contributed by atoms with E-state index < -0.39 is 11.7 Å². The van der Waals surface area contributed by atoms with Crippen molar-refractivity contribution in [2.45, 2.75) is 45.6 Å². The van der Waals surface area contributed by atoms with E-state index in [0.717, 1.165) is 45.4 Å². The lowest BCUT2D eigenvalue weighted by atomic mass is 9.98. The number of rotatable bonds is 9. The van der Waals surface area contributed by atoms with Crippen molar-refractivity contribution in [2.24, 2.45) is 0 Å². The Hall–Kier alpha value is -3.55. The summed E-state index contributed by atoms with van der Waals surface area (Å²) in [6.45, 7) is 6.14. The number of nitrogens with zero attached hydrogens (tertiary/aromatic N) is 1. The number of fused-ring (bicyclic) bond motifs is 1. The van der Waals surface area contributed by atoms with Gasteiger partial charge in [-0.25, -0.2) is 4.79 Å². The standard InChI is InChI=1S/C30H32N2O4S/c1-30(2,3)36-29(34)32-26-14-11-22(28-8-6-16-37-28)18-23(26)19-27(33)21-10-13-25-20(17-21)9-12-24(31-25)7-5-15-35-4/h6,8-14,16-18H,5,7,15,19H2,1-4H3,(H,32,34). The van der Waals surface area contributed by atoms with Gasteiger partial charge in [0.2, 0.25) is 0 Å². The van der Waals surface area contributed by atoms with E-state index >= 15 is 0 Å². The largest absolute Gasteiger partial charge is 0.444 e. The normalized spacial score (nSPS) is 11.5. The second-order valence-electron chi connectivity index (χ2n) is 9.88. The van der Waals surface area contributed by atoms with Crippen molar-refractivity contribution in [2.75, 3.05) is 19.0 Å². The maximum Gasteiger partial charge on any atom is 0.412 e. The molecule has 2 heterocycles. The van der Waals surface area contributed by atoms with Crippen molar-refractivity contribution in [3.63, 3.8) is 0 Å². The van der Waals surface area contributed by atoms with Crippen LogP contribution in [0.5, 0.6) is 0 Å². The van der Waals surface area contributed by atoms with E-state index in [4.69, 9.17) is 14.5 Å². The van der Waals surface area contributed by atoms with Crippen LogP contribution in [0.1, 0.15) is 48.8 Å². The summed E-state index contributed by atoms with van der Waals surface area (Å²) >= 11 is 1.63. The van der Waals surface area contributed by atoms with Gasteiger partial charge in [0.25, 0.3) is 0 Å². The molecular weight excluding hydrogens is 484 g/mol. The summed E-state index contributed by atoms with van der Waals surface area (Å²) in [5, 5.41) is 5.75. The van der Waals surface area contributed by atoms with Crippen molar-refractivity contribution in [3.8, 4) is 10.4 Å².